The molecule has 8 bridgehead atoms. The molecule has 0 radical (unpaired) electrons. The van der Waals surface area contributed by atoms with E-state index in [1.807, 2.05) is 48.5 Å². The fraction of sp³-hybridized carbons (Fsp3) is 0.526. The Morgan fingerprint density at radius 3 is 0.641 bits per heavy atom. The molecule has 92 heavy (non-hydrogen) atoms. The van der Waals surface area contributed by atoms with Crippen LogP contribution in [-0.4, -0.2) is 97.2 Å². The molecule has 0 saturated heterocycles. The van der Waals surface area contributed by atoms with E-state index in [1.165, 1.54) is 0 Å². The first-order valence-electron chi connectivity index (χ1n) is 33.5. The van der Waals surface area contributed by atoms with Crippen LogP contribution in [0.25, 0.3) is 0 Å². The highest BCUT2D eigenvalue weighted by Crippen LogP contribution is 2.42. The molecular weight excluding hydrogens is 1170 g/mol. The lowest BCUT2D eigenvalue weighted by molar-refractivity contribution is -0.141. The standard InChI is InChI=1S/C76H104O16/c1-9-13-17-21-25-29-85-69-61-33-57(49-89-73(81)53(5)45-77)34-62(69)42-64-36-59(51-91-75(83)55(7)47-79)38-66(71(64)87-31-27-23-19-15-11-3)44-68-40-60(52-92-76(84)56(8)48-80)39-67(72(68)88-32-28-24-20-16-12-4)43-65-37-58(50-90-74(82)54(6)46-78)35-63(41-61)70(65)86-30-26-22-18-14-10-2/h33-40,77-80H,5-32,41-52H2,1-4H3. The van der Waals surface area contributed by atoms with Gasteiger partial charge in [-0.15, -0.1) is 0 Å². The zero-order valence-corrected chi connectivity index (χ0v) is 55.6. The van der Waals surface area contributed by atoms with Crippen LogP contribution < -0.4 is 18.9 Å². The van der Waals surface area contributed by atoms with Crippen LogP contribution in [0.4, 0.5) is 0 Å². The summed E-state index contributed by atoms with van der Waals surface area (Å²) in [6.07, 6.45) is 20.4. The summed E-state index contributed by atoms with van der Waals surface area (Å²) in [7, 11) is 0. The van der Waals surface area contributed by atoms with Gasteiger partial charge >= 0.3 is 23.9 Å². The quantitative estimate of drug-likeness (QED) is 0.0123. The molecule has 0 spiro atoms. The summed E-state index contributed by atoms with van der Waals surface area (Å²) in [5, 5.41) is 39.6. The second-order valence-electron chi connectivity index (χ2n) is 24.1. The lowest BCUT2D eigenvalue weighted by Gasteiger charge is -2.25. The van der Waals surface area contributed by atoms with E-state index in [1.54, 1.807) is 0 Å². The van der Waals surface area contributed by atoms with Gasteiger partial charge in [-0.1, -0.05) is 157 Å². The molecule has 0 heterocycles. The lowest BCUT2D eigenvalue weighted by atomic mass is 9.88. The summed E-state index contributed by atoms with van der Waals surface area (Å²) in [5.74, 6) is -0.649. The van der Waals surface area contributed by atoms with Gasteiger partial charge in [0.15, 0.2) is 0 Å². The number of hydrogen-bond acceptors (Lipinski definition) is 16. The molecular formula is C76H104O16. The molecule has 0 atom stereocenters. The summed E-state index contributed by atoms with van der Waals surface area (Å²) in [4.78, 5) is 53.2. The van der Waals surface area contributed by atoms with E-state index in [2.05, 4.69) is 54.0 Å². The van der Waals surface area contributed by atoms with Crippen molar-refractivity contribution in [2.24, 2.45) is 0 Å². The van der Waals surface area contributed by atoms with Gasteiger partial charge in [-0.25, -0.2) is 19.2 Å². The van der Waals surface area contributed by atoms with E-state index in [4.69, 9.17) is 37.9 Å². The Bertz CT molecular complexity index is 2560. The second-order valence-corrected chi connectivity index (χ2v) is 24.1. The van der Waals surface area contributed by atoms with E-state index in [0.29, 0.717) is 71.7 Å². The molecule has 504 valence electrons. The van der Waals surface area contributed by atoms with Crippen molar-refractivity contribution in [3.8, 4) is 23.0 Å². The van der Waals surface area contributed by atoms with Gasteiger partial charge in [0, 0.05) is 25.7 Å². The summed E-state index contributed by atoms with van der Waals surface area (Å²) in [6.45, 7) is 22.0. The number of carbonyl (C=O) groups excluding carboxylic acids is 4. The number of aliphatic hydroxyl groups excluding tert-OH is 4. The van der Waals surface area contributed by atoms with Gasteiger partial charge in [0.1, 0.15) is 49.4 Å². The molecule has 0 aliphatic heterocycles. The number of carbonyl (C=O) groups is 4. The molecule has 5 rings (SSSR count). The Labute approximate surface area is 547 Å². The zero-order valence-electron chi connectivity index (χ0n) is 55.6. The third-order valence-corrected chi connectivity index (χ3v) is 16.1. The van der Waals surface area contributed by atoms with Crippen LogP contribution in [0.1, 0.15) is 223 Å². The topological polar surface area (TPSA) is 223 Å². The highest BCUT2D eigenvalue weighted by Gasteiger charge is 2.27. The molecule has 4 aromatic carbocycles. The van der Waals surface area contributed by atoms with Crippen molar-refractivity contribution in [3.63, 3.8) is 0 Å². The van der Waals surface area contributed by atoms with E-state index in [0.717, 1.165) is 173 Å². The maximum absolute atomic E-state index is 13.3. The Morgan fingerprint density at radius 2 is 0.478 bits per heavy atom. The van der Waals surface area contributed by atoms with Crippen molar-refractivity contribution in [1.29, 1.82) is 0 Å². The van der Waals surface area contributed by atoms with E-state index in [-0.39, 0.29) is 74.4 Å². The number of fused-ring (bicyclic) bond motifs is 8. The molecule has 1 aliphatic rings. The zero-order chi connectivity index (χ0) is 66.6. The highest BCUT2D eigenvalue weighted by atomic mass is 16.5. The highest BCUT2D eigenvalue weighted by molar-refractivity contribution is 5.89. The van der Waals surface area contributed by atoms with Crippen molar-refractivity contribution in [1.82, 2.24) is 0 Å². The molecule has 0 amide bonds. The average molecular weight is 1270 g/mol. The van der Waals surface area contributed by atoms with Crippen LogP contribution in [0.3, 0.4) is 0 Å². The molecule has 0 unspecified atom stereocenters. The first kappa shape index (κ1) is 75.5. The van der Waals surface area contributed by atoms with Gasteiger partial charge in [0.25, 0.3) is 0 Å². The summed E-state index contributed by atoms with van der Waals surface area (Å²) < 4.78 is 51.8. The third-order valence-electron chi connectivity index (χ3n) is 16.1. The Hall–Kier alpha value is -7.24. The predicted octanol–water partition coefficient (Wildman–Crippen LogP) is 14.1. The first-order chi connectivity index (χ1) is 44.6. The normalized spacial score (nSPS) is 11.7. The minimum Gasteiger partial charge on any atom is -0.493 e. The summed E-state index contributed by atoms with van der Waals surface area (Å²) in [5.41, 5.74) is 7.87. The largest absolute Gasteiger partial charge is 0.493 e. The SMILES string of the molecule is C=C(CO)C(=O)OCc1cc2c(OCCCCCCC)c(c1)Cc1cc(COC(=O)C(=C)CO)cc(c1OCCCCCCC)Cc1cc(COC(=O)C(=C)CO)cc(c1OCCCCCCC)Cc1cc(COC(=O)C(=C)CO)cc(c1OCCCCCCC)C2. The van der Waals surface area contributed by atoms with Crippen LogP contribution >= 0.6 is 0 Å². The number of hydrogen-bond donors (Lipinski definition) is 4. The van der Waals surface area contributed by atoms with Crippen LogP contribution in [-0.2, 0) is 90.2 Å². The number of unbranched alkanes of at least 4 members (excludes halogenated alkanes) is 16. The fourth-order valence-electron chi connectivity index (χ4n) is 11.0. The maximum Gasteiger partial charge on any atom is 0.336 e. The molecule has 16 heteroatoms. The van der Waals surface area contributed by atoms with Crippen molar-refractivity contribution >= 4 is 23.9 Å². The predicted molar refractivity (Wildman–Crippen MR) is 358 cm³/mol. The van der Waals surface area contributed by atoms with Gasteiger partial charge in [-0.05, 0) is 141 Å². The van der Waals surface area contributed by atoms with Crippen molar-refractivity contribution < 1.29 is 77.5 Å². The van der Waals surface area contributed by atoms with Gasteiger partial charge in [-0.2, -0.15) is 0 Å². The second kappa shape index (κ2) is 42.1. The number of benzene rings is 4. The smallest absolute Gasteiger partial charge is 0.336 e. The van der Waals surface area contributed by atoms with Crippen molar-refractivity contribution in [2.45, 2.75) is 208 Å². The minimum atomic E-state index is -0.756. The fourth-order valence-corrected chi connectivity index (χ4v) is 11.0. The lowest BCUT2D eigenvalue weighted by Crippen LogP contribution is -2.14. The number of rotatable bonds is 44. The number of esters is 4. The Morgan fingerprint density at radius 1 is 0.304 bits per heavy atom. The van der Waals surface area contributed by atoms with Gasteiger partial charge < -0.3 is 58.3 Å². The monoisotopic (exact) mass is 1270 g/mol. The summed E-state index contributed by atoms with van der Waals surface area (Å²) in [6, 6.07) is 15.7. The van der Waals surface area contributed by atoms with E-state index < -0.39 is 50.3 Å². The van der Waals surface area contributed by atoms with Gasteiger partial charge in [0.2, 0.25) is 0 Å². The molecule has 4 aromatic rings. The average Bonchev–Trinajstić information content (AvgIpc) is 0.830. The van der Waals surface area contributed by atoms with E-state index >= 15 is 0 Å². The molecule has 1 aliphatic carbocycles. The van der Waals surface area contributed by atoms with Crippen molar-refractivity contribution in [2.75, 3.05) is 52.9 Å². The first-order valence-corrected chi connectivity index (χ1v) is 33.5. The van der Waals surface area contributed by atoms with Crippen LogP contribution in [0, 0.1) is 0 Å². The van der Waals surface area contributed by atoms with Crippen LogP contribution in [0.2, 0.25) is 0 Å². The Kier molecular flexibility index (Phi) is 34.5. The van der Waals surface area contributed by atoms with E-state index in [9.17, 15) is 39.6 Å². The molecule has 4 N–H and O–H groups in total. The molecule has 0 fully saturated rings. The van der Waals surface area contributed by atoms with Crippen LogP contribution in [0.5, 0.6) is 23.0 Å². The number of ether oxygens (including phenoxy) is 8. The maximum atomic E-state index is 13.3. The third kappa shape index (κ3) is 25.0. The molecule has 0 saturated carbocycles. The minimum absolute atomic E-state index is 0.103. The van der Waals surface area contributed by atoms with Crippen molar-refractivity contribution in [3.05, 3.63) is 164 Å². The van der Waals surface area contributed by atoms with Crippen LogP contribution in [0.15, 0.2) is 97.1 Å². The number of aliphatic hydroxyl groups is 4. The summed E-state index contributed by atoms with van der Waals surface area (Å²) >= 11 is 0. The molecule has 0 aromatic heterocycles. The van der Waals surface area contributed by atoms with Gasteiger partial charge in [0.05, 0.1) is 75.1 Å². The Balaban J connectivity index is 1.98. The van der Waals surface area contributed by atoms with Gasteiger partial charge in [-0.3, -0.25) is 0 Å². The molecule has 16 nitrogen and oxygen atoms in total.